The average Bonchev–Trinajstić information content (AvgIpc) is 2.69. The molecule has 9 heteroatoms. The Balaban J connectivity index is 1.91. The first-order valence-electron chi connectivity index (χ1n) is 9.32. The van der Waals surface area contributed by atoms with Crippen LogP contribution in [-0.4, -0.2) is 38.6 Å². The van der Waals surface area contributed by atoms with Crippen LogP contribution in [0.15, 0.2) is 47.4 Å². The van der Waals surface area contributed by atoms with Crippen molar-refractivity contribution < 1.29 is 18.1 Å². The number of amides is 1. The Bertz CT molecular complexity index is 972. The van der Waals surface area contributed by atoms with E-state index in [0.717, 1.165) is 31.6 Å². The molecule has 2 aromatic rings. The highest BCUT2D eigenvalue weighted by atomic mass is 32.2. The van der Waals surface area contributed by atoms with Gasteiger partial charge in [-0.1, -0.05) is 25.5 Å². The SMILES string of the molecule is CCCCc1ccc(C(=O)NCCNc2ccc(S(C)(=O)=O)cc2[N+](=O)[O-])cc1. The predicted molar refractivity (Wildman–Crippen MR) is 112 cm³/mol. The number of sulfone groups is 1. The van der Waals surface area contributed by atoms with E-state index in [9.17, 15) is 23.3 Å². The number of benzene rings is 2. The molecular formula is C20H25N3O5S. The van der Waals surface area contributed by atoms with Crippen LogP contribution in [0.4, 0.5) is 11.4 Å². The maximum atomic E-state index is 12.2. The van der Waals surface area contributed by atoms with E-state index in [0.29, 0.717) is 5.56 Å². The zero-order valence-corrected chi connectivity index (χ0v) is 17.3. The molecule has 0 aliphatic heterocycles. The van der Waals surface area contributed by atoms with Crippen LogP contribution in [0, 0.1) is 10.1 Å². The van der Waals surface area contributed by atoms with Gasteiger partial charge in [0.25, 0.3) is 11.6 Å². The van der Waals surface area contributed by atoms with E-state index in [-0.39, 0.29) is 35.3 Å². The highest BCUT2D eigenvalue weighted by Crippen LogP contribution is 2.27. The van der Waals surface area contributed by atoms with Crippen LogP contribution in [0.3, 0.4) is 0 Å². The minimum atomic E-state index is -3.54. The number of nitrogens with one attached hydrogen (secondary N) is 2. The van der Waals surface area contributed by atoms with Crippen LogP contribution in [0.5, 0.6) is 0 Å². The summed E-state index contributed by atoms with van der Waals surface area (Å²) in [5.41, 5.74) is 1.60. The Morgan fingerprint density at radius 1 is 1.10 bits per heavy atom. The summed E-state index contributed by atoms with van der Waals surface area (Å²) in [5, 5.41) is 16.8. The minimum Gasteiger partial charge on any atom is -0.378 e. The number of rotatable bonds is 10. The molecule has 8 nitrogen and oxygen atoms in total. The molecule has 0 bridgehead atoms. The van der Waals surface area contributed by atoms with Crippen molar-refractivity contribution in [3.8, 4) is 0 Å². The largest absolute Gasteiger partial charge is 0.378 e. The molecule has 0 aromatic heterocycles. The van der Waals surface area contributed by atoms with Crippen molar-refractivity contribution in [3.05, 3.63) is 63.7 Å². The van der Waals surface area contributed by atoms with Gasteiger partial charge in [-0.05, 0) is 42.7 Å². The lowest BCUT2D eigenvalue weighted by molar-refractivity contribution is -0.384. The van der Waals surface area contributed by atoms with Crippen molar-refractivity contribution in [3.63, 3.8) is 0 Å². The van der Waals surface area contributed by atoms with E-state index < -0.39 is 14.8 Å². The molecule has 0 spiro atoms. The van der Waals surface area contributed by atoms with Crippen LogP contribution < -0.4 is 10.6 Å². The zero-order valence-electron chi connectivity index (χ0n) is 16.5. The fourth-order valence-corrected chi connectivity index (χ4v) is 3.36. The van der Waals surface area contributed by atoms with Gasteiger partial charge in [-0.15, -0.1) is 0 Å². The molecule has 29 heavy (non-hydrogen) atoms. The third kappa shape index (κ3) is 6.56. The summed E-state index contributed by atoms with van der Waals surface area (Å²) in [6.07, 6.45) is 4.20. The number of nitrogens with zero attached hydrogens (tertiary/aromatic N) is 1. The van der Waals surface area contributed by atoms with Gasteiger partial charge < -0.3 is 10.6 Å². The molecule has 0 saturated carbocycles. The summed E-state index contributed by atoms with van der Waals surface area (Å²) in [5.74, 6) is -0.226. The minimum absolute atomic E-state index is 0.120. The molecule has 0 radical (unpaired) electrons. The molecule has 0 aliphatic carbocycles. The number of carbonyl (C=O) groups is 1. The molecule has 0 saturated heterocycles. The van der Waals surface area contributed by atoms with E-state index in [1.54, 1.807) is 12.1 Å². The van der Waals surface area contributed by atoms with E-state index in [1.165, 1.54) is 17.7 Å². The second-order valence-corrected chi connectivity index (χ2v) is 8.71. The molecule has 1 amide bonds. The highest BCUT2D eigenvalue weighted by Gasteiger charge is 2.18. The van der Waals surface area contributed by atoms with Gasteiger partial charge in [-0.3, -0.25) is 14.9 Å². The zero-order chi connectivity index (χ0) is 21.4. The lowest BCUT2D eigenvalue weighted by Crippen LogP contribution is -2.28. The summed E-state index contributed by atoms with van der Waals surface area (Å²) in [6.45, 7) is 2.63. The second kappa shape index (κ2) is 10.0. The lowest BCUT2D eigenvalue weighted by atomic mass is 10.1. The molecule has 0 fully saturated rings. The van der Waals surface area contributed by atoms with Gasteiger partial charge in [0.15, 0.2) is 9.84 Å². The topological polar surface area (TPSA) is 118 Å². The van der Waals surface area contributed by atoms with Crippen molar-refractivity contribution in [1.29, 1.82) is 0 Å². The second-order valence-electron chi connectivity index (χ2n) is 6.69. The molecule has 2 N–H and O–H groups in total. The Kier molecular flexibility index (Phi) is 7.72. The van der Waals surface area contributed by atoms with Gasteiger partial charge in [0, 0.05) is 31.0 Å². The molecule has 2 aromatic carbocycles. The third-order valence-electron chi connectivity index (χ3n) is 4.36. The van der Waals surface area contributed by atoms with Gasteiger partial charge in [0.2, 0.25) is 0 Å². The van der Waals surface area contributed by atoms with Crippen molar-refractivity contribution in [2.75, 3.05) is 24.7 Å². The Labute approximate surface area is 170 Å². The van der Waals surface area contributed by atoms with E-state index in [4.69, 9.17) is 0 Å². The molecular weight excluding hydrogens is 394 g/mol. The number of unbranched alkanes of at least 4 members (excludes halogenated alkanes) is 1. The van der Waals surface area contributed by atoms with Crippen LogP contribution in [0.1, 0.15) is 35.7 Å². The molecule has 0 unspecified atom stereocenters. The Morgan fingerprint density at radius 3 is 2.38 bits per heavy atom. The summed E-state index contributed by atoms with van der Waals surface area (Å²) >= 11 is 0. The first-order chi connectivity index (χ1) is 13.7. The van der Waals surface area contributed by atoms with Gasteiger partial charge in [0.1, 0.15) is 5.69 Å². The van der Waals surface area contributed by atoms with Gasteiger partial charge >= 0.3 is 0 Å². The number of nitro groups is 1. The summed E-state index contributed by atoms with van der Waals surface area (Å²) in [4.78, 5) is 22.7. The third-order valence-corrected chi connectivity index (χ3v) is 5.47. The van der Waals surface area contributed by atoms with Crippen LogP contribution >= 0.6 is 0 Å². The quantitative estimate of drug-likeness (QED) is 0.347. The summed E-state index contributed by atoms with van der Waals surface area (Å²) in [7, 11) is -3.54. The fourth-order valence-electron chi connectivity index (χ4n) is 2.72. The molecule has 2 rings (SSSR count). The van der Waals surface area contributed by atoms with Crippen molar-refractivity contribution >= 4 is 27.1 Å². The number of aryl methyl sites for hydroxylation is 1. The average molecular weight is 420 g/mol. The number of hydrogen-bond acceptors (Lipinski definition) is 6. The van der Waals surface area contributed by atoms with Crippen LogP contribution in [-0.2, 0) is 16.3 Å². The normalized spacial score (nSPS) is 11.1. The fraction of sp³-hybridized carbons (Fsp3) is 0.350. The maximum absolute atomic E-state index is 12.2. The summed E-state index contributed by atoms with van der Waals surface area (Å²) in [6, 6.07) is 11.1. The highest BCUT2D eigenvalue weighted by molar-refractivity contribution is 7.90. The molecule has 0 heterocycles. The van der Waals surface area contributed by atoms with Crippen LogP contribution in [0.25, 0.3) is 0 Å². The number of anilines is 1. The van der Waals surface area contributed by atoms with E-state index >= 15 is 0 Å². The van der Waals surface area contributed by atoms with Gasteiger partial charge in [0.05, 0.1) is 9.82 Å². The molecule has 0 atom stereocenters. The van der Waals surface area contributed by atoms with E-state index in [2.05, 4.69) is 17.6 Å². The molecule has 156 valence electrons. The van der Waals surface area contributed by atoms with Crippen LogP contribution in [0.2, 0.25) is 0 Å². The standard InChI is InChI=1S/C20H25N3O5S/c1-3-4-5-15-6-8-16(9-7-15)20(24)22-13-12-21-18-11-10-17(29(2,27)28)14-19(18)23(25)26/h6-11,14,21H,3-5,12-13H2,1-2H3,(H,22,24). The Hall–Kier alpha value is -2.94. The number of nitro benzene ring substituents is 1. The first-order valence-corrected chi connectivity index (χ1v) is 11.2. The number of hydrogen-bond donors (Lipinski definition) is 2. The number of carbonyl (C=O) groups excluding carboxylic acids is 1. The van der Waals surface area contributed by atoms with Crippen molar-refractivity contribution in [1.82, 2.24) is 5.32 Å². The monoisotopic (exact) mass is 419 g/mol. The first kappa shape index (κ1) is 22.4. The van der Waals surface area contributed by atoms with E-state index in [1.807, 2.05) is 12.1 Å². The molecule has 0 aliphatic rings. The lowest BCUT2D eigenvalue weighted by Gasteiger charge is -2.10. The summed E-state index contributed by atoms with van der Waals surface area (Å²) < 4.78 is 23.1. The predicted octanol–water partition coefficient (Wildman–Crippen LogP) is 3.18. The van der Waals surface area contributed by atoms with Crippen molar-refractivity contribution in [2.45, 2.75) is 31.1 Å². The van der Waals surface area contributed by atoms with Gasteiger partial charge in [-0.2, -0.15) is 0 Å². The maximum Gasteiger partial charge on any atom is 0.293 e. The Morgan fingerprint density at radius 2 is 1.79 bits per heavy atom. The smallest absolute Gasteiger partial charge is 0.293 e. The van der Waals surface area contributed by atoms with Crippen molar-refractivity contribution in [2.24, 2.45) is 0 Å². The van der Waals surface area contributed by atoms with Gasteiger partial charge in [-0.25, -0.2) is 8.42 Å².